The van der Waals surface area contributed by atoms with E-state index in [2.05, 4.69) is 18.1 Å². The van der Waals surface area contributed by atoms with Gasteiger partial charge in [0.15, 0.2) is 6.29 Å². The van der Waals surface area contributed by atoms with Crippen molar-refractivity contribution in [2.24, 2.45) is 0 Å². The second-order valence-corrected chi connectivity index (χ2v) is 2.05. The van der Waals surface area contributed by atoms with Crippen LogP contribution in [0.1, 0.15) is 16.3 Å². The second-order valence-electron chi connectivity index (χ2n) is 2.05. The molecule has 0 aliphatic heterocycles. The molecule has 12 heavy (non-hydrogen) atoms. The number of imidazole rings is 1. The monoisotopic (exact) mass is 164 g/mol. The molecule has 0 saturated carbocycles. The van der Waals surface area contributed by atoms with Gasteiger partial charge in [-0.1, -0.05) is 13.2 Å². The largest absolute Gasteiger partial charge is 0.492 e. The zero-order valence-electron chi connectivity index (χ0n) is 6.40. The fourth-order valence-electron chi connectivity index (χ4n) is 0.896. The van der Waals surface area contributed by atoms with Crippen LogP contribution in [0.5, 0.6) is 5.88 Å². The Labute approximate surface area is 69.5 Å². The molecular weight excluding hydrogens is 156 g/mol. The van der Waals surface area contributed by atoms with Crippen molar-refractivity contribution in [3.8, 4) is 5.88 Å². The van der Waals surface area contributed by atoms with Gasteiger partial charge in [-0.05, 0) is 6.08 Å². The van der Waals surface area contributed by atoms with Gasteiger partial charge < -0.3 is 5.11 Å². The number of nitrogens with zero attached hydrogens (tertiary/aromatic N) is 2. The van der Waals surface area contributed by atoms with E-state index < -0.39 is 0 Å². The van der Waals surface area contributed by atoms with Crippen LogP contribution in [0, 0.1) is 0 Å². The van der Waals surface area contributed by atoms with Crippen molar-refractivity contribution in [2.45, 2.75) is 0 Å². The average molecular weight is 164 g/mol. The summed E-state index contributed by atoms with van der Waals surface area (Å²) in [5.41, 5.74) is 0.0832. The quantitative estimate of drug-likeness (QED) is 0.681. The molecule has 0 bridgehead atoms. The summed E-state index contributed by atoms with van der Waals surface area (Å²) < 4.78 is 1.36. The maximum atomic E-state index is 10.4. The van der Waals surface area contributed by atoms with E-state index in [9.17, 15) is 4.79 Å². The third kappa shape index (κ3) is 1.03. The molecule has 0 saturated heterocycles. The van der Waals surface area contributed by atoms with Gasteiger partial charge in [0.25, 0.3) is 0 Å². The van der Waals surface area contributed by atoms with Crippen molar-refractivity contribution in [1.82, 2.24) is 9.55 Å². The zero-order chi connectivity index (χ0) is 9.14. The fraction of sp³-hybridized carbons (Fsp3) is 0. The summed E-state index contributed by atoms with van der Waals surface area (Å²) in [6.07, 6.45) is 3.32. The van der Waals surface area contributed by atoms with Crippen molar-refractivity contribution in [1.29, 1.82) is 0 Å². The molecule has 1 heterocycles. The van der Waals surface area contributed by atoms with E-state index in [1.165, 1.54) is 16.8 Å². The van der Waals surface area contributed by atoms with Crippen LogP contribution in [0.4, 0.5) is 0 Å². The molecule has 62 valence electrons. The first-order valence-electron chi connectivity index (χ1n) is 3.26. The Morgan fingerprint density at radius 1 is 1.50 bits per heavy atom. The molecule has 1 aromatic rings. The molecule has 0 atom stereocenters. The van der Waals surface area contributed by atoms with Crippen molar-refractivity contribution >= 4 is 18.6 Å². The predicted molar refractivity (Wildman–Crippen MR) is 45.8 cm³/mol. The zero-order valence-corrected chi connectivity index (χ0v) is 6.40. The molecule has 0 amide bonds. The molecule has 0 aliphatic carbocycles. The Morgan fingerprint density at radius 2 is 2.17 bits per heavy atom. The molecule has 0 fully saturated rings. The van der Waals surface area contributed by atoms with Gasteiger partial charge in [-0.25, -0.2) is 0 Å². The maximum Gasteiger partial charge on any atom is 0.241 e. The number of aldehydes is 1. The second kappa shape index (κ2) is 3.04. The van der Waals surface area contributed by atoms with Gasteiger partial charge in [0.2, 0.25) is 5.88 Å². The van der Waals surface area contributed by atoms with E-state index >= 15 is 0 Å². The summed E-state index contributed by atoms with van der Waals surface area (Å²) in [5.74, 6) is 0.0874. The molecule has 0 radical (unpaired) electrons. The van der Waals surface area contributed by atoms with Gasteiger partial charge >= 0.3 is 0 Å². The standard InChI is InChI=1S/C8H8N2O2/c1-3-7-9-8(12)6(5-11)10(7)4-2/h3-5,12H,1-2H2. The third-order valence-electron chi connectivity index (χ3n) is 1.43. The first-order chi connectivity index (χ1) is 5.74. The number of aromatic hydroxyl groups is 1. The van der Waals surface area contributed by atoms with E-state index in [0.29, 0.717) is 12.1 Å². The van der Waals surface area contributed by atoms with Gasteiger partial charge in [0, 0.05) is 6.20 Å². The smallest absolute Gasteiger partial charge is 0.241 e. The molecule has 0 spiro atoms. The third-order valence-corrected chi connectivity index (χ3v) is 1.43. The van der Waals surface area contributed by atoms with Gasteiger partial charge in [-0.2, -0.15) is 4.98 Å². The number of hydrogen-bond donors (Lipinski definition) is 1. The lowest BCUT2D eigenvalue weighted by Crippen LogP contribution is -1.94. The van der Waals surface area contributed by atoms with E-state index in [-0.39, 0.29) is 11.6 Å². The van der Waals surface area contributed by atoms with Crippen LogP contribution in [0.25, 0.3) is 12.3 Å². The lowest BCUT2D eigenvalue weighted by molar-refractivity contribution is 0.111. The average Bonchev–Trinajstić information content (AvgIpc) is 2.40. The van der Waals surface area contributed by atoms with E-state index in [4.69, 9.17) is 5.11 Å². The van der Waals surface area contributed by atoms with Crippen LogP contribution in [0.3, 0.4) is 0 Å². The minimum Gasteiger partial charge on any atom is -0.492 e. The van der Waals surface area contributed by atoms with Crippen molar-refractivity contribution in [2.75, 3.05) is 0 Å². The normalized spacial score (nSPS) is 9.33. The Balaban J connectivity index is 3.44. The van der Waals surface area contributed by atoms with Gasteiger partial charge in [0.05, 0.1) is 0 Å². The summed E-state index contributed by atoms with van der Waals surface area (Å²) in [6.45, 7) is 6.94. The van der Waals surface area contributed by atoms with Crippen LogP contribution in [-0.4, -0.2) is 20.9 Å². The van der Waals surface area contributed by atoms with E-state index in [1.807, 2.05) is 0 Å². The highest BCUT2D eigenvalue weighted by atomic mass is 16.3. The fourth-order valence-corrected chi connectivity index (χ4v) is 0.896. The molecule has 4 heteroatoms. The maximum absolute atomic E-state index is 10.4. The summed E-state index contributed by atoms with van der Waals surface area (Å²) in [6, 6.07) is 0. The lowest BCUT2D eigenvalue weighted by Gasteiger charge is -1.95. The minimum atomic E-state index is -0.306. The highest BCUT2D eigenvalue weighted by Crippen LogP contribution is 2.16. The Hall–Kier alpha value is -1.84. The molecule has 1 rings (SSSR count). The van der Waals surface area contributed by atoms with Crippen molar-refractivity contribution in [3.63, 3.8) is 0 Å². The van der Waals surface area contributed by atoms with Crippen LogP contribution in [0.15, 0.2) is 13.2 Å². The summed E-state index contributed by atoms with van der Waals surface area (Å²) >= 11 is 0. The summed E-state index contributed by atoms with van der Waals surface area (Å²) in [7, 11) is 0. The number of carbonyl (C=O) groups excluding carboxylic acids is 1. The highest BCUT2D eigenvalue weighted by Gasteiger charge is 2.10. The van der Waals surface area contributed by atoms with E-state index in [0.717, 1.165) is 0 Å². The highest BCUT2D eigenvalue weighted by molar-refractivity contribution is 5.78. The van der Waals surface area contributed by atoms with Crippen molar-refractivity contribution < 1.29 is 9.90 Å². The molecule has 0 unspecified atom stereocenters. The molecular formula is C8H8N2O2. The SMILES string of the molecule is C=Cc1nc(O)c(C=O)n1C=C. The van der Waals surface area contributed by atoms with Gasteiger partial charge in [-0.3, -0.25) is 9.36 Å². The minimum absolute atomic E-state index is 0.0832. The first kappa shape index (κ1) is 8.26. The van der Waals surface area contributed by atoms with E-state index in [1.54, 1.807) is 0 Å². The number of hydrogen-bond acceptors (Lipinski definition) is 3. The predicted octanol–water partition coefficient (Wildman–Crippen LogP) is 1.14. The molecule has 1 aromatic heterocycles. The Bertz CT molecular complexity index is 339. The van der Waals surface area contributed by atoms with Crippen LogP contribution >= 0.6 is 0 Å². The van der Waals surface area contributed by atoms with Gasteiger partial charge in [-0.15, -0.1) is 0 Å². The summed E-state index contributed by atoms with van der Waals surface area (Å²) in [4.78, 5) is 14.1. The molecule has 0 aromatic carbocycles. The Kier molecular flexibility index (Phi) is 2.09. The molecule has 0 aliphatic rings. The lowest BCUT2D eigenvalue weighted by atomic mass is 10.5. The number of carbonyl (C=O) groups is 1. The Morgan fingerprint density at radius 3 is 2.58 bits per heavy atom. The van der Waals surface area contributed by atoms with Crippen LogP contribution in [0.2, 0.25) is 0 Å². The first-order valence-corrected chi connectivity index (χ1v) is 3.26. The number of aromatic nitrogens is 2. The topological polar surface area (TPSA) is 55.1 Å². The number of rotatable bonds is 3. The molecule has 4 nitrogen and oxygen atoms in total. The van der Waals surface area contributed by atoms with Crippen LogP contribution < -0.4 is 0 Å². The van der Waals surface area contributed by atoms with Gasteiger partial charge in [0.1, 0.15) is 11.5 Å². The van der Waals surface area contributed by atoms with Crippen LogP contribution in [-0.2, 0) is 0 Å². The summed E-state index contributed by atoms with van der Waals surface area (Å²) in [5, 5.41) is 9.12. The molecule has 1 N–H and O–H groups in total. The van der Waals surface area contributed by atoms with Crippen molar-refractivity contribution in [3.05, 3.63) is 24.7 Å².